The minimum absolute atomic E-state index is 0.0396. The monoisotopic (exact) mass is 330 g/mol. The van der Waals surface area contributed by atoms with Crippen LogP contribution in [0.3, 0.4) is 0 Å². The first-order chi connectivity index (χ1) is 11.7. The van der Waals surface area contributed by atoms with Gasteiger partial charge in [-0.25, -0.2) is 0 Å². The Hall–Kier alpha value is -2.04. The minimum atomic E-state index is 0.0396. The molecule has 0 radical (unpaired) electrons. The third kappa shape index (κ3) is 4.08. The van der Waals surface area contributed by atoms with Crippen molar-refractivity contribution in [2.75, 3.05) is 32.8 Å². The van der Waals surface area contributed by atoms with Gasteiger partial charge in [0, 0.05) is 37.7 Å². The third-order valence-corrected chi connectivity index (χ3v) is 4.60. The van der Waals surface area contributed by atoms with Crippen molar-refractivity contribution in [2.45, 2.75) is 32.6 Å². The Balaban J connectivity index is 1.57. The molecule has 1 aliphatic carbocycles. The summed E-state index contributed by atoms with van der Waals surface area (Å²) < 4.78 is 5.56. The lowest BCUT2D eigenvalue weighted by molar-refractivity contribution is -0.132. The molecule has 24 heavy (non-hydrogen) atoms. The van der Waals surface area contributed by atoms with Gasteiger partial charge < -0.3 is 14.5 Å². The van der Waals surface area contributed by atoms with Crippen molar-refractivity contribution in [3.8, 4) is 5.75 Å². The van der Waals surface area contributed by atoms with E-state index in [4.69, 9.17) is 4.74 Å². The molecule has 1 aliphatic heterocycles. The van der Waals surface area contributed by atoms with Crippen LogP contribution < -0.4 is 4.74 Å². The van der Waals surface area contributed by atoms with E-state index in [1.54, 1.807) is 0 Å². The highest BCUT2D eigenvalue weighted by Crippen LogP contribution is 2.31. The molecule has 0 aromatic heterocycles. The van der Waals surface area contributed by atoms with E-state index in [1.807, 2.05) is 34.1 Å². The molecule has 0 N–H and O–H groups in total. The van der Waals surface area contributed by atoms with Crippen LogP contribution in [0, 0.1) is 5.92 Å². The van der Waals surface area contributed by atoms with E-state index >= 15 is 0 Å². The predicted octanol–water partition coefficient (Wildman–Crippen LogP) is 2.56. The number of nitrogens with zero attached hydrogens (tertiary/aromatic N) is 2. The van der Waals surface area contributed by atoms with Crippen molar-refractivity contribution >= 4 is 11.8 Å². The van der Waals surface area contributed by atoms with Crippen molar-refractivity contribution in [3.63, 3.8) is 0 Å². The normalized spacial score (nSPS) is 18.2. The molecule has 2 fully saturated rings. The Morgan fingerprint density at radius 1 is 1.04 bits per heavy atom. The molecular weight excluding hydrogens is 304 g/mol. The molecule has 5 nitrogen and oxygen atoms in total. The topological polar surface area (TPSA) is 49.9 Å². The van der Waals surface area contributed by atoms with Crippen molar-refractivity contribution in [1.29, 1.82) is 0 Å². The molecule has 0 bridgehead atoms. The lowest BCUT2D eigenvalue weighted by Gasteiger charge is -2.22. The zero-order valence-corrected chi connectivity index (χ0v) is 14.4. The molecule has 0 unspecified atom stereocenters. The average Bonchev–Trinajstić information content (AvgIpc) is 3.45. The highest BCUT2D eigenvalue weighted by Gasteiger charge is 2.34. The summed E-state index contributed by atoms with van der Waals surface area (Å²) in [4.78, 5) is 28.7. The van der Waals surface area contributed by atoms with E-state index in [2.05, 4.69) is 6.92 Å². The number of hydrogen-bond donors (Lipinski definition) is 0. The van der Waals surface area contributed by atoms with Gasteiger partial charge in [-0.2, -0.15) is 0 Å². The van der Waals surface area contributed by atoms with E-state index in [0.717, 1.165) is 38.0 Å². The molecule has 3 rings (SSSR count). The van der Waals surface area contributed by atoms with Crippen LogP contribution in [-0.2, 0) is 4.79 Å². The summed E-state index contributed by atoms with van der Waals surface area (Å²) in [5.74, 6) is 1.37. The molecule has 2 amide bonds. The molecule has 1 saturated carbocycles. The zero-order chi connectivity index (χ0) is 16.9. The summed E-state index contributed by atoms with van der Waals surface area (Å²) in [7, 11) is 0. The second-order valence-electron chi connectivity index (χ2n) is 6.62. The number of carbonyl (C=O) groups excluding carboxylic acids is 2. The summed E-state index contributed by atoms with van der Waals surface area (Å²) in [6, 6.07) is 7.35. The number of hydrogen-bond acceptors (Lipinski definition) is 3. The van der Waals surface area contributed by atoms with Crippen molar-refractivity contribution in [3.05, 3.63) is 29.8 Å². The van der Waals surface area contributed by atoms with Gasteiger partial charge in [-0.15, -0.1) is 0 Å². The van der Waals surface area contributed by atoms with Crippen LogP contribution in [0.25, 0.3) is 0 Å². The van der Waals surface area contributed by atoms with E-state index in [-0.39, 0.29) is 17.7 Å². The van der Waals surface area contributed by atoms with Crippen molar-refractivity contribution < 1.29 is 14.3 Å². The maximum atomic E-state index is 12.7. The Morgan fingerprint density at radius 3 is 2.38 bits per heavy atom. The summed E-state index contributed by atoms with van der Waals surface area (Å²) in [6.07, 6.45) is 3.88. The maximum Gasteiger partial charge on any atom is 0.253 e. The first-order valence-electron chi connectivity index (χ1n) is 9.00. The van der Waals surface area contributed by atoms with Gasteiger partial charge >= 0.3 is 0 Å². The van der Waals surface area contributed by atoms with Gasteiger partial charge in [-0.05, 0) is 49.9 Å². The van der Waals surface area contributed by atoms with E-state index in [1.165, 1.54) is 0 Å². The minimum Gasteiger partial charge on any atom is -0.494 e. The summed E-state index contributed by atoms with van der Waals surface area (Å²) in [5.41, 5.74) is 0.681. The average molecular weight is 330 g/mol. The maximum absolute atomic E-state index is 12.7. The van der Waals surface area contributed by atoms with Gasteiger partial charge in [0.15, 0.2) is 0 Å². The van der Waals surface area contributed by atoms with Crippen LogP contribution >= 0.6 is 0 Å². The lowest BCUT2D eigenvalue weighted by Crippen LogP contribution is -2.37. The molecule has 2 aliphatic rings. The summed E-state index contributed by atoms with van der Waals surface area (Å²) >= 11 is 0. The highest BCUT2D eigenvalue weighted by atomic mass is 16.5. The van der Waals surface area contributed by atoms with Gasteiger partial charge in [0.05, 0.1) is 6.61 Å². The standard InChI is InChI=1S/C19H26N2O3/c1-2-14-24-17-8-6-16(7-9-17)19(23)21-11-3-10-20(12-13-21)18(22)15-4-5-15/h6-9,15H,2-5,10-14H2,1H3. The molecule has 1 heterocycles. The fourth-order valence-corrected chi connectivity index (χ4v) is 3.03. The fourth-order valence-electron chi connectivity index (χ4n) is 3.03. The van der Waals surface area contributed by atoms with Crippen LogP contribution in [0.4, 0.5) is 0 Å². The van der Waals surface area contributed by atoms with Crippen LogP contribution in [0.2, 0.25) is 0 Å². The summed E-state index contributed by atoms with van der Waals surface area (Å²) in [6.45, 7) is 5.49. The predicted molar refractivity (Wildman–Crippen MR) is 92.1 cm³/mol. The van der Waals surface area contributed by atoms with Crippen molar-refractivity contribution in [2.24, 2.45) is 5.92 Å². The molecule has 0 atom stereocenters. The highest BCUT2D eigenvalue weighted by molar-refractivity contribution is 5.94. The van der Waals surface area contributed by atoms with Crippen molar-refractivity contribution in [1.82, 2.24) is 9.80 Å². The van der Waals surface area contributed by atoms with Gasteiger partial charge in [0.1, 0.15) is 5.75 Å². The number of benzene rings is 1. The van der Waals surface area contributed by atoms with Crippen LogP contribution in [0.15, 0.2) is 24.3 Å². The Labute approximate surface area is 143 Å². The molecule has 1 saturated heterocycles. The number of rotatable bonds is 5. The molecule has 1 aromatic carbocycles. The molecule has 1 aromatic rings. The van der Waals surface area contributed by atoms with Gasteiger partial charge in [-0.1, -0.05) is 6.92 Å². The summed E-state index contributed by atoms with van der Waals surface area (Å²) in [5, 5.41) is 0. The van der Waals surface area contributed by atoms with E-state index in [0.29, 0.717) is 31.8 Å². The second kappa shape index (κ2) is 7.69. The van der Waals surface area contributed by atoms with E-state index in [9.17, 15) is 9.59 Å². The number of ether oxygens (including phenoxy) is 1. The smallest absolute Gasteiger partial charge is 0.253 e. The van der Waals surface area contributed by atoms with Crippen LogP contribution in [0.5, 0.6) is 5.75 Å². The third-order valence-electron chi connectivity index (χ3n) is 4.60. The quantitative estimate of drug-likeness (QED) is 0.834. The van der Waals surface area contributed by atoms with Crippen LogP contribution in [-0.4, -0.2) is 54.4 Å². The Morgan fingerprint density at radius 2 is 1.71 bits per heavy atom. The molecule has 5 heteroatoms. The van der Waals surface area contributed by atoms with E-state index < -0.39 is 0 Å². The number of carbonyl (C=O) groups is 2. The van der Waals surface area contributed by atoms with Gasteiger partial charge in [-0.3, -0.25) is 9.59 Å². The van der Waals surface area contributed by atoms with Gasteiger partial charge in [0.25, 0.3) is 5.91 Å². The lowest BCUT2D eigenvalue weighted by atomic mass is 10.2. The zero-order valence-electron chi connectivity index (χ0n) is 14.4. The molecular formula is C19H26N2O3. The Kier molecular flexibility index (Phi) is 5.38. The first-order valence-corrected chi connectivity index (χ1v) is 9.00. The molecule has 0 spiro atoms. The fraction of sp³-hybridized carbons (Fsp3) is 0.579. The SMILES string of the molecule is CCCOc1ccc(C(=O)N2CCCN(C(=O)C3CC3)CC2)cc1. The van der Waals surface area contributed by atoms with Crippen LogP contribution in [0.1, 0.15) is 43.0 Å². The second-order valence-corrected chi connectivity index (χ2v) is 6.62. The molecule has 130 valence electrons. The number of amides is 2. The van der Waals surface area contributed by atoms with Gasteiger partial charge in [0.2, 0.25) is 5.91 Å². The Bertz CT molecular complexity index is 581. The first kappa shape index (κ1) is 16.8. The largest absolute Gasteiger partial charge is 0.494 e.